The van der Waals surface area contributed by atoms with Crippen LogP contribution in [-0.4, -0.2) is 59.8 Å². The van der Waals surface area contributed by atoms with Gasteiger partial charge in [-0.1, -0.05) is 0 Å². The van der Waals surface area contributed by atoms with E-state index in [1.54, 1.807) is 0 Å². The van der Waals surface area contributed by atoms with Crippen molar-refractivity contribution in [2.45, 2.75) is 9.79 Å². The Morgan fingerprint density at radius 1 is 0.426 bits per heavy atom. The van der Waals surface area contributed by atoms with Crippen LogP contribution in [0.5, 0.6) is 11.5 Å². The van der Waals surface area contributed by atoms with Gasteiger partial charge >= 0.3 is 11.8 Å². The van der Waals surface area contributed by atoms with E-state index in [0.29, 0.717) is 0 Å². The minimum Gasteiger partial charge on any atom is -0.508 e. The molecule has 8 N–H and O–H groups in total. The SMILES string of the molecule is O=C(Nc1ccc(C(=O)Nc2ccc(S(=O)(=O)O)c3cc(O)ccc23)cc1)C(=O)Nc1ccc(C(=O)Nc2ccc(S(=O)(=O)O)c3cc(O)ccc23)cc1. The first-order valence-electron chi connectivity index (χ1n) is 15.4. The average Bonchev–Trinajstić information content (AvgIpc) is 3.11. The molecule has 4 amide bonds. The molecule has 0 radical (unpaired) electrons. The van der Waals surface area contributed by atoms with Gasteiger partial charge in [0.05, 0.1) is 0 Å². The van der Waals surface area contributed by atoms with E-state index in [1.165, 1.54) is 84.9 Å². The number of phenols is 2. The predicted molar refractivity (Wildman–Crippen MR) is 197 cm³/mol. The Morgan fingerprint density at radius 2 is 0.778 bits per heavy atom. The maximum Gasteiger partial charge on any atom is 0.314 e. The molecule has 0 spiro atoms. The summed E-state index contributed by atoms with van der Waals surface area (Å²) in [5, 5.41) is 30.1. The largest absolute Gasteiger partial charge is 0.508 e. The molecular weight excluding hydrogens is 745 g/mol. The molecular formula is C36H26N4O12S2. The van der Waals surface area contributed by atoms with Crippen molar-refractivity contribution in [3.63, 3.8) is 0 Å². The highest BCUT2D eigenvalue weighted by Gasteiger charge is 2.20. The first kappa shape index (κ1) is 36.9. The number of phenolic OH excluding ortho intramolecular Hbond substituents is 2. The zero-order valence-electron chi connectivity index (χ0n) is 27.3. The molecule has 0 aliphatic rings. The molecule has 0 aromatic heterocycles. The van der Waals surface area contributed by atoms with Crippen molar-refractivity contribution in [1.82, 2.24) is 0 Å². The monoisotopic (exact) mass is 770 g/mol. The van der Waals surface area contributed by atoms with Crippen LogP contribution in [0.4, 0.5) is 22.7 Å². The highest BCUT2D eigenvalue weighted by molar-refractivity contribution is 7.86. The second kappa shape index (κ2) is 14.3. The lowest BCUT2D eigenvalue weighted by Crippen LogP contribution is -2.29. The third-order valence-electron chi connectivity index (χ3n) is 7.99. The Hall–Kier alpha value is -6.86. The van der Waals surface area contributed by atoms with Crippen molar-refractivity contribution in [2.75, 3.05) is 21.3 Å². The molecule has 54 heavy (non-hydrogen) atoms. The van der Waals surface area contributed by atoms with E-state index >= 15 is 0 Å². The van der Waals surface area contributed by atoms with Crippen LogP contribution in [0.2, 0.25) is 0 Å². The molecule has 274 valence electrons. The predicted octanol–water partition coefficient (Wildman–Crippen LogP) is 4.98. The average molecular weight is 771 g/mol. The first-order valence-corrected chi connectivity index (χ1v) is 18.3. The number of anilines is 4. The van der Waals surface area contributed by atoms with Gasteiger partial charge in [0.15, 0.2) is 0 Å². The number of aromatic hydroxyl groups is 2. The van der Waals surface area contributed by atoms with Crippen LogP contribution in [-0.2, 0) is 29.8 Å². The molecule has 0 aliphatic carbocycles. The molecule has 0 bridgehead atoms. The summed E-state index contributed by atoms with van der Waals surface area (Å²) in [5.41, 5.74) is 0.987. The number of carbonyl (C=O) groups is 4. The van der Waals surface area contributed by atoms with Gasteiger partial charge in [-0.15, -0.1) is 0 Å². The lowest BCUT2D eigenvalue weighted by atomic mass is 10.1. The van der Waals surface area contributed by atoms with Gasteiger partial charge in [0.1, 0.15) is 21.3 Å². The van der Waals surface area contributed by atoms with E-state index in [1.807, 2.05) is 0 Å². The van der Waals surface area contributed by atoms with Crippen molar-refractivity contribution in [3.05, 3.63) is 120 Å². The summed E-state index contributed by atoms with van der Waals surface area (Å²) in [7, 11) is -9.27. The fourth-order valence-electron chi connectivity index (χ4n) is 5.46. The van der Waals surface area contributed by atoms with E-state index < -0.39 is 53.7 Å². The molecule has 0 fully saturated rings. The van der Waals surface area contributed by atoms with Crippen LogP contribution in [0.1, 0.15) is 20.7 Å². The maximum absolute atomic E-state index is 13.0. The third kappa shape index (κ3) is 7.96. The summed E-state index contributed by atoms with van der Waals surface area (Å²) in [6.45, 7) is 0. The Kier molecular flexibility index (Phi) is 9.76. The van der Waals surface area contributed by atoms with E-state index in [2.05, 4.69) is 21.3 Å². The number of fused-ring (bicyclic) bond motifs is 2. The van der Waals surface area contributed by atoms with E-state index in [-0.39, 0.29) is 66.9 Å². The summed E-state index contributed by atoms with van der Waals surface area (Å²) in [5.74, 6) is -3.83. The second-order valence-electron chi connectivity index (χ2n) is 11.6. The topological polar surface area (TPSA) is 266 Å². The maximum atomic E-state index is 13.0. The molecule has 0 unspecified atom stereocenters. The van der Waals surface area contributed by atoms with Crippen LogP contribution < -0.4 is 21.3 Å². The van der Waals surface area contributed by atoms with Gasteiger partial charge < -0.3 is 31.5 Å². The van der Waals surface area contributed by atoms with Crippen LogP contribution in [0.3, 0.4) is 0 Å². The molecule has 0 heterocycles. The number of carbonyl (C=O) groups excluding carboxylic acids is 4. The summed E-state index contributed by atoms with van der Waals surface area (Å²) in [6.07, 6.45) is 0. The first-order chi connectivity index (χ1) is 25.5. The summed E-state index contributed by atoms with van der Waals surface area (Å²) in [6, 6.07) is 23.2. The third-order valence-corrected chi connectivity index (χ3v) is 9.81. The Bertz CT molecular complexity index is 2560. The van der Waals surface area contributed by atoms with Crippen molar-refractivity contribution >= 4 is 88.2 Å². The van der Waals surface area contributed by atoms with Crippen LogP contribution in [0, 0.1) is 0 Å². The standard InChI is InChI=1S/C36H26N4O12S2/c41-23-9-11-25-27(17-23)31(53(47,48)49)15-13-29(25)39-33(43)19-1-5-21(6-2-19)37-35(45)36(46)38-22-7-3-20(4-8-22)34(44)40-30-14-16-32(54(50,51)52)28-18-24(42)10-12-26(28)30/h1-18,41-42H,(H,37,45)(H,38,46)(H,39,43)(H,40,44)(H,47,48,49)(H,50,51,52). The molecule has 6 aromatic rings. The molecule has 6 aromatic carbocycles. The van der Waals surface area contributed by atoms with Crippen LogP contribution >= 0.6 is 0 Å². The molecule has 0 aliphatic heterocycles. The molecule has 16 nitrogen and oxygen atoms in total. The Balaban J connectivity index is 1.07. The quantitative estimate of drug-likeness (QED) is 0.0753. The smallest absolute Gasteiger partial charge is 0.314 e. The zero-order valence-corrected chi connectivity index (χ0v) is 28.9. The van der Waals surface area contributed by atoms with Crippen molar-refractivity contribution in [2.24, 2.45) is 0 Å². The highest BCUT2D eigenvalue weighted by atomic mass is 32.2. The number of rotatable bonds is 8. The minimum absolute atomic E-state index is 0.0192. The van der Waals surface area contributed by atoms with Gasteiger partial charge in [-0.25, -0.2) is 0 Å². The fraction of sp³-hybridized carbons (Fsp3) is 0. The second-order valence-corrected chi connectivity index (χ2v) is 14.4. The van der Waals surface area contributed by atoms with Gasteiger partial charge in [-0.05, 0) is 109 Å². The van der Waals surface area contributed by atoms with E-state index in [0.717, 1.165) is 24.3 Å². The van der Waals surface area contributed by atoms with Gasteiger partial charge in [-0.2, -0.15) is 16.8 Å². The Morgan fingerprint density at radius 3 is 1.11 bits per heavy atom. The van der Waals surface area contributed by atoms with Gasteiger partial charge in [0.2, 0.25) is 0 Å². The number of amides is 4. The number of nitrogens with one attached hydrogen (secondary N) is 4. The summed E-state index contributed by atoms with van der Waals surface area (Å²) in [4.78, 5) is 50.2. The van der Waals surface area contributed by atoms with Crippen molar-refractivity contribution < 1.29 is 55.3 Å². The minimum atomic E-state index is -4.63. The lowest BCUT2D eigenvalue weighted by Gasteiger charge is -2.12. The molecule has 0 saturated carbocycles. The van der Waals surface area contributed by atoms with Crippen molar-refractivity contribution in [1.29, 1.82) is 0 Å². The number of hydrogen-bond donors (Lipinski definition) is 8. The normalized spacial score (nSPS) is 11.5. The van der Waals surface area contributed by atoms with Crippen molar-refractivity contribution in [3.8, 4) is 11.5 Å². The van der Waals surface area contributed by atoms with Crippen LogP contribution in [0.15, 0.2) is 119 Å². The number of benzene rings is 6. The highest BCUT2D eigenvalue weighted by Crippen LogP contribution is 2.34. The summed E-state index contributed by atoms with van der Waals surface area (Å²) < 4.78 is 66.3. The van der Waals surface area contributed by atoms with E-state index in [9.17, 15) is 55.3 Å². The lowest BCUT2D eigenvalue weighted by molar-refractivity contribution is -0.132. The van der Waals surface area contributed by atoms with Gasteiger partial charge in [0, 0.05) is 55.4 Å². The molecule has 0 saturated heterocycles. The molecule has 0 atom stereocenters. The van der Waals surface area contributed by atoms with Gasteiger partial charge in [-0.3, -0.25) is 28.3 Å². The molecule has 6 rings (SSSR count). The van der Waals surface area contributed by atoms with Crippen LogP contribution in [0.25, 0.3) is 21.5 Å². The number of hydrogen-bond acceptors (Lipinski definition) is 10. The van der Waals surface area contributed by atoms with E-state index in [4.69, 9.17) is 0 Å². The fourth-order valence-corrected chi connectivity index (χ4v) is 6.84. The summed E-state index contributed by atoms with van der Waals surface area (Å²) >= 11 is 0. The zero-order chi connectivity index (χ0) is 38.9. The van der Waals surface area contributed by atoms with Gasteiger partial charge in [0.25, 0.3) is 32.1 Å². The molecule has 18 heteroatoms. The Labute approximate surface area is 305 Å².